The smallest absolute Gasteiger partial charge is 0.340 e. The van der Waals surface area contributed by atoms with Gasteiger partial charge in [-0.3, -0.25) is 48.3 Å². The highest BCUT2D eigenvalue weighted by Crippen LogP contribution is 2.48. The minimum atomic E-state index is -3.42. The normalized spacial score (nSPS) is 29.4. The number of nitrogens with zero attached hydrogens (tertiary/aromatic N) is 3. The molecule has 0 aromatic heterocycles. The fraction of sp³-hybridized carbons (Fsp3) is 0.524. The monoisotopic (exact) mass is 1650 g/mol. The summed E-state index contributed by atoms with van der Waals surface area (Å²) in [5.74, 6) is -4.07. The molecule has 4 fully saturated rings. The molecule has 3 amide bonds. The molecular formula is C84H119N4O25PS. The number of aliphatic hydroxyl groups is 5. The summed E-state index contributed by atoms with van der Waals surface area (Å²) in [6.07, 6.45) is -4.99. The van der Waals surface area contributed by atoms with E-state index < -0.39 is 127 Å². The van der Waals surface area contributed by atoms with Gasteiger partial charge < -0.3 is 72.5 Å². The van der Waals surface area contributed by atoms with Crippen molar-refractivity contribution >= 4 is 77.4 Å². The number of rotatable bonds is 21. The summed E-state index contributed by atoms with van der Waals surface area (Å²) in [5.41, 5.74) is -3.24. The molecule has 4 aromatic carbocycles. The minimum Gasteiger partial charge on any atom is -0.462 e. The Kier molecular flexibility index (Phi) is 37.2. The van der Waals surface area contributed by atoms with Crippen LogP contribution in [0.4, 0.5) is 0 Å². The second kappa shape index (κ2) is 42.5. The summed E-state index contributed by atoms with van der Waals surface area (Å²) in [6, 6.07) is 33.9. The van der Waals surface area contributed by atoms with Gasteiger partial charge in [0.15, 0.2) is 47.2 Å². The maximum Gasteiger partial charge on any atom is 0.340 e. The van der Waals surface area contributed by atoms with Gasteiger partial charge in [0.2, 0.25) is 24.0 Å². The van der Waals surface area contributed by atoms with E-state index in [1.807, 2.05) is 45.9 Å². The van der Waals surface area contributed by atoms with Crippen LogP contribution in [0.1, 0.15) is 197 Å². The van der Waals surface area contributed by atoms with E-state index in [0.717, 1.165) is 22.6 Å². The molecule has 4 saturated heterocycles. The Balaban J connectivity index is 0.000000400. The standard InChI is InChI=1S/C24H33N2O9PS.C22H24O5.C21H25NO5.C12H17NO6.5CH4/c1-14(2)33-22(30)16(4)25-36(37,35-17-9-7-6-8-10-17)32-13-19-21(29)24(5,31)23(34-19)26-12-15(3)18(27)11-20(26)28;1-4-18-15(2)22(3,27-20(24)17-13-9-6-10-14-17)21(25-18)26-19(23)16-11-7-5-8-12-16;1-5-17-14(3)21(4,27-19(25)15-9-7-6-8-10-15)20(26-17)22-12-13(2)16(23)11-18(22)24;1-6-4-13(9(16)3-7(6)15)11-12(2,18)10(17)8(5-14)19-11;;;;;/h6-10,12,14,16,19,21,23,29,31H,11,13H2,1-5H3,(H,25,37);5-15,18,21H,4H2,1-3H3;6-10,12,14,17,20H,5,11H2,1-4H3;4,8,10-11,14,17-18H,3,5H2,1-2H3;5*1H4/t16-,19+,21+,23+,24+,36?;15-,18-,21?,22-;14-,17-,20-,21-;8-,10-,11-,12-;;;;;/m0111...../s1. The van der Waals surface area contributed by atoms with E-state index in [9.17, 15) is 68.4 Å². The SMILES string of the molecule is C.C.C.C.C.CC1=CN([C@@H]2O[C@H](CO)[C@@H](O)[C@@]2(C)O)C(=O)CC1=O.CC1=CN([C@@H]2O[C@H](COP(=S)(N[C@@H](C)C(=O)OC(C)C)Oc3ccccc3)[C@@H](O)[C@@]2(C)O)C(=O)CC1=O.CC[C@H]1OC(OC(=O)c2ccccc2)[C@](C)(OC(=O)c2ccccc2)[C@@H]1C.CC[C@H]1O[C@@H](N2C=C(C)C(=O)CC2=O)[C@](C)(OC(=O)c2ccccc2)[C@@H]1C. The number of carbonyl (C=O) groups is 10. The van der Waals surface area contributed by atoms with Gasteiger partial charge in [-0.15, -0.1) is 0 Å². The van der Waals surface area contributed by atoms with Gasteiger partial charge in [0.05, 0.1) is 67.5 Å². The molecule has 18 atom stereocenters. The first-order valence-electron chi connectivity index (χ1n) is 36.2. The predicted molar refractivity (Wildman–Crippen MR) is 432 cm³/mol. The van der Waals surface area contributed by atoms with Crippen molar-refractivity contribution in [1.29, 1.82) is 0 Å². The van der Waals surface area contributed by atoms with Gasteiger partial charge in [0.25, 0.3) is 0 Å². The molecule has 0 radical (unpaired) electrons. The van der Waals surface area contributed by atoms with Crippen molar-refractivity contribution in [2.75, 3.05) is 13.2 Å². The van der Waals surface area contributed by atoms with E-state index in [-0.39, 0.29) is 116 Å². The number of allylic oxidation sites excluding steroid dienone is 3. The van der Waals surface area contributed by atoms with Gasteiger partial charge in [-0.25, -0.2) is 19.5 Å². The summed E-state index contributed by atoms with van der Waals surface area (Å²) in [7, 11) is 0. The van der Waals surface area contributed by atoms with Crippen molar-refractivity contribution in [3.8, 4) is 5.75 Å². The molecule has 7 aliphatic heterocycles. The number of aliphatic hydroxyl groups excluding tert-OH is 3. The third-order valence-electron chi connectivity index (χ3n) is 20.2. The van der Waals surface area contributed by atoms with Crippen LogP contribution < -0.4 is 9.61 Å². The Morgan fingerprint density at radius 2 is 0.878 bits per heavy atom. The van der Waals surface area contributed by atoms with Crippen molar-refractivity contribution in [3.05, 3.63) is 173 Å². The number of ketones is 3. The first-order chi connectivity index (χ1) is 51.7. The number of Topliss-reactive ketones (excluding diaryl/α,β-unsaturated/α-hetero) is 3. The van der Waals surface area contributed by atoms with Gasteiger partial charge in [-0.05, 0) is 142 Å². The second-order valence-corrected chi connectivity index (χ2v) is 32.0. The summed E-state index contributed by atoms with van der Waals surface area (Å²) in [5, 5.41) is 53.9. The zero-order valence-corrected chi connectivity index (χ0v) is 65.6. The summed E-state index contributed by atoms with van der Waals surface area (Å²) in [6.45, 7) is 19.6. The van der Waals surface area contributed by atoms with Gasteiger partial charge in [-0.2, -0.15) is 0 Å². The first kappa shape index (κ1) is 101. The Morgan fingerprint density at radius 3 is 1.27 bits per heavy atom. The molecule has 636 valence electrons. The Labute approximate surface area is 680 Å². The lowest BCUT2D eigenvalue weighted by Crippen LogP contribution is -2.54. The molecule has 0 aliphatic carbocycles. The molecule has 11 rings (SSSR count). The molecule has 7 aliphatic rings. The highest BCUT2D eigenvalue weighted by atomic mass is 32.5. The third-order valence-corrected chi connectivity index (χ3v) is 22.7. The van der Waals surface area contributed by atoms with Crippen LogP contribution in [0.5, 0.6) is 5.75 Å². The molecule has 0 saturated carbocycles. The first-order valence-corrected chi connectivity index (χ1v) is 38.8. The van der Waals surface area contributed by atoms with E-state index in [0.29, 0.717) is 39.2 Å². The molecular weight excluding hydrogens is 1530 g/mol. The quantitative estimate of drug-likeness (QED) is 0.0195. The average molecular weight is 1650 g/mol. The molecule has 4 aromatic rings. The maximum absolute atomic E-state index is 12.7. The van der Waals surface area contributed by atoms with Crippen LogP contribution in [0.15, 0.2) is 157 Å². The van der Waals surface area contributed by atoms with Crippen molar-refractivity contribution in [2.45, 2.75) is 262 Å². The molecule has 2 unspecified atom stereocenters. The number of hydrogen-bond acceptors (Lipinski definition) is 26. The number of benzene rings is 4. The Morgan fingerprint density at radius 1 is 0.530 bits per heavy atom. The summed E-state index contributed by atoms with van der Waals surface area (Å²) >= 11 is 5.66. The maximum atomic E-state index is 12.7. The zero-order chi connectivity index (χ0) is 81.1. The van der Waals surface area contributed by atoms with Crippen molar-refractivity contribution in [3.63, 3.8) is 0 Å². The van der Waals surface area contributed by atoms with Crippen LogP contribution in [0.25, 0.3) is 0 Å². The van der Waals surface area contributed by atoms with Crippen LogP contribution in [0.3, 0.4) is 0 Å². The average Bonchev–Trinajstić information content (AvgIpc) is 1.62. The van der Waals surface area contributed by atoms with E-state index in [1.54, 1.807) is 159 Å². The van der Waals surface area contributed by atoms with E-state index >= 15 is 0 Å². The molecule has 115 heavy (non-hydrogen) atoms. The van der Waals surface area contributed by atoms with Crippen LogP contribution in [-0.2, 0) is 87.8 Å². The molecule has 29 nitrogen and oxygen atoms in total. The fourth-order valence-electron chi connectivity index (χ4n) is 13.1. The van der Waals surface area contributed by atoms with Gasteiger partial charge in [0.1, 0.15) is 47.4 Å². The molecule has 31 heteroatoms. The third kappa shape index (κ3) is 23.4. The highest BCUT2D eigenvalue weighted by molar-refractivity contribution is 8.09. The molecule has 0 bridgehead atoms. The predicted octanol–water partition coefficient (Wildman–Crippen LogP) is 10.8. The Bertz CT molecular complexity index is 4150. The minimum absolute atomic E-state index is 0. The number of nitrogens with one attached hydrogen (secondary N) is 1. The second-order valence-electron chi connectivity index (χ2n) is 28.8. The number of carbonyl (C=O) groups excluding carboxylic acids is 10. The number of esters is 4. The van der Waals surface area contributed by atoms with Gasteiger partial charge in [0, 0.05) is 47.2 Å². The van der Waals surface area contributed by atoms with Crippen LogP contribution >= 0.6 is 6.64 Å². The lowest BCUT2D eigenvalue weighted by Gasteiger charge is -2.39. The topological polar surface area (TPSA) is 386 Å². The highest BCUT2D eigenvalue weighted by Gasteiger charge is 2.60. The van der Waals surface area contributed by atoms with Crippen LogP contribution in [0.2, 0.25) is 0 Å². The van der Waals surface area contributed by atoms with Crippen molar-refractivity contribution in [1.82, 2.24) is 19.8 Å². The van der Waals surface area contributed by atoms with E-state index in [2.05, 4.69) is 5.09 Å². The van der Waals surface area contributed by atoms with Gasteiger partial charge >= 0.3 is 30.5 Å². The van der Waals surface area contributed by atoms with Crippen molar-refractivity contribution < 1.29 is 120 Å². The lowest BCUT2D eigenvalue weighted by atomic mass is 9.85. The van der Waals surface area contributed by atoms with Crippen molar-refractivity contribution in [2.24, 2.45) is 11.8 Å². The number of ether oxygens (including phenoxy) is 8. The Hall–Kier alpha value is -8.59. The number of amides is 3. The summed E-state index contributed by atoms with van der Waals surface area (Å²) in [4.78, 5) is 126. The fourth-order valence-corrected chi connectivity index (χ4v) is 15.5. The van der Waals surface area contributed by atoms with Gasteiger partial charge in [-0.1, -0.05) is 138 Å². The molecule has 0 spiro atoms. The molecule has 6 N–H and O–H groups in total. The van der Waals surface area contributed by atoms with E-state index in [1.165, 1.54) is 37.3 Å². The molecule has 7 heterocycles. The van der Waals surface area contributed by atoms with Crippen LogP contribution in [-0.4, -0.2) is 209 Å². The summed E-state index contributed by atoms with van der Waals surface area (Å²) < 4.78 is 57.7. The van der Waals surface area contributed by atoms with Crippen LogP contribution in [0, 0.1) is 11.8 Å². The number of para-hydroxylation sites is 1. The largest absolute Gasteiger partial charge is 0.462 e. The zero-order valence-electron chi connectivity index (χ0n) is 63.9. The van der Waals surface area contributed by atoms with E-state index in [4.69, 9.17) is 63.9 Å². The lowest BCUT2D eigenvalue weighted by molar-refractivity contribution is -0.169. The number of hydrogen-bond donors (Lipinski definition) is 6.